The standard InChI is InChI=1S/C21H26N2O3S/c1-14-18(27-19(22-14)15-6-5-8-17(12-15)26-2)20(24)23-11-10-21(25)9-4-3-7-16(21)13-23/h5-6,8,12,16,25H,3-4,7,9-11,13H2,1-2H3/t16-,21-/m1/s1. The number of carbonyl (C=O) groups is 1. The predicted molar refractivity (Wildman–Crippen MR) is 106 cm³/mol. The molecule has 1 N–H and O–H groups in total. The Bertz CT molecular complexity index is 850. The van der Waals surface area contributed by atoms with E-state index in [1.165, 1.54) is 11.3 Å². The highest BCUT2D eigenvalue weighted by Gasteiger charge is 2.44. The number of ether oxygens (including phenoxy) is 1. The second-order valence-electron chi connectivity index (χ2n) is 7.71. The number of amides is 1. The number of fused-ring (bicyclic) bond motifs is 1. The number of piperidine rings is 1. The van der Waals surface area contributed by atoms with Gasteiger partial charge in [-0.05, 0) is 38.3 Å². The van der Waals surface area contributed by atoms with Crippen molar-refractivity contribution in [2.24, 2.45) is 5.92 Å². The molecule has 0 unspecified atom stereocenters. The quantitative estimate of drug-likeness (QED) is 0.869. The van der Waals surface area contributed by atoms with Crippen molar-refractivity contribution in [3.63, 3.8) is 0 Å². The molecule has 6 heteroatoms. The first-order valence-electron chi connectivity index (χ1n) is 9.64. The fourth-order valence-corrected chi connectivity index (χ4v) is 5.40. The van der Waals surface area contributed by atoms with Crippen molar-refractivity contribution in [2.75, 3.05) is 20.2 Å². The number of likely N-dealkylation sites (tertiary alicyclic amines) is 1. The van der Waals surface area contributed by atoms with Crippen molar-refractivity contribution in [3.8, 4) is 16.3 Å². The van der Waals surface area contributed by atoms with Crippen LogP contribution in [-0.4, -0.2) is 46.7 Å². The first kappa shape index (κ1) is 18.4. The maximum Gasteiger partial charge on any atom is 0.265 e. The number of carbonyl (C=O) groups excluding carboxylic acids is 1. The van der Waals surface area contributed by atoms with Crippen LogP contribution in [0.1, 0.15) is 47.5 Å². The fraction of sp³-hybridized carbons (Fsp3) is 0.524. The molecule has 1 aromatic carbocycles. The van der Waals surface area contributed by atoms with Crippen molar-refractivity contribution < 1.29 is 14.6 Å². The highest BCUT2D eigenvalue weighted by molar-refractivity contribution is 7.17. The molecule has 27 heavy (non-hydrogen) atoms. The minimum absolute atomic E-state index is 0.0479. The third-order valence-electron chi connectivity index (χ3n) is 6.02. The number of methoxy groups -OCH3 is 1. The number of aryl methyl sites for hydroxylation is 1. The lowest BCUT2D eigenvalue weighted by Crippen LogP contribution is -2.54. The SMILES string of the molecule is COc1cccc(-c2nc(C)c(C(=O)N3CC[C@]4(O)CCCC[C@@H]4C3)s2)c1. The molecule has 2 atom stereocenters. The minimum Gasteiger partial charge on any atom is -0.497 e. The van der Waals surface area contributed by atoms with Crippen molar-refractivity contribution in [1.82, 2.24) is 9.88 Å². The van der Waals surface area contributed by atoms with Gasteiger partial charge in [-0.15, -0.1) is 11.3 Å². The van der Waals surface area contributed by atoms with Gasteiger partial charge in [0.1, 0.15) is 15.6 Å². The Morgan fingerprint density at radius 1 is 1.37 bits per heavy atom. The van der Waals surface area contributed by atoms with Crippen LogP contribution in [0.2, 0.25) is 0 Å². The van der Waals surface area contributed by atoms with Gasteiger partial charge in [-0.3, -0.25) is 4.79 Å². The predicted octanol–water partition coefficient (Wildman–Crippen LogP) is 3.89. The van der Waals surface area contributed by atoms with Gasteiger partial charge in [0.25, 0.3) is 5.91 Å². The lowest BCUT2D eigenvalue weighted by atomic mass is 9.71. The summed E-state index contributed by atoms with van der Waals surface area (Å²) in [7, 11) is 1.64. The van der Waals surface area contributed by atoms with Gasteiger partial charge in [-0.1, -0.05) is 25.0 Å². The van der Waals surface area contributed by atoms with Crippen LogP contribution in [-0.2, 0) is 0 Å². The molecule has 1 saturated carbocycles. The molecule has 2 fully saturated rings. The molecule has 4 rings (SSSR count). The molecule has 1 saturated heterocycles. The number of hydrogen-bond donors (Lipinski definition) is 1. The van der Waals surface area contributed by atoms with Gasteiger partial charge in [0.05, 0.1) is 18.4 Å². The van der Waals surface area contributed by atoms with E-state index in [2.05, 4.69) is 4.98 Å². The van der Waals surface area contributed by atoms with Crippen molar-refractivity contribution in [3.05, 3.63) is 34.8 Å². The number of thiazole rings is 1. The molecule has 5 nitrogen and oxygen atoms in total. The molecule has 1 aliphatic heterocycles. The molecule has 1 amide bonds. The van der Waals surface area contributed by atoms with Crippen LogP contribution in [0.15, 0.2) is 24.3 Å². The average Bonchev–Trinajstić information content (AvgIpc) is 3.08. The molecule has 2 aliphatic rings. The van der Waals surface area contributed by atoms with Gasteiger partial charge in [0.15, 0.2) is 0 Å². The summed E-state index contributed by atoms with van der Waals surface area (Å²) in [6.07, 6.45) is 4.81. The van der Waals surface area contributed by atoms with E-state index in [9.17, 15) is 9.90 Å². The lowest BCUT2D eigenvalue weighted by Gasteiger charge is -2.47. The lowest BCUT2D eigenvalue weighted by molar-refractivity contribution is -0.0885. The van der Waals surface area contributed by atoms with Gasteiger partial charge >= 0.3 is 0 Å². The largest absolute Gasteiger partial charge is 0.497 e. The second-order valence-corrected chi connectivity index (χ2v) is 8.71. The van der Waals surface area contributed by atoms with Crippen LogP contribution in [0.3, 0.4) is 0 Å². The molecule has 0 spiro atoms. The minimum atomic E-state index is -0.566. The van der Waals surface area contributed by atoms with E-state index in [0.717, 1.165) is 47.7 Å². The van der Waals surface area contributed by atoms with Crippen molar-refractivity contribution in [2.45, 2.75) is 44.6 Å². The van der Waals surface area contributed by atoms with Crippen molar-refractivity contribution in [1.29, 1.82) is 0 Å². The Morgan fingerprint density at radius 3 is 3.04 bits per heavy atom. The Kier molecular flexibility index (Phi) is 4.95. The molecular weight excluding hydrogens is 360 g/mol. The molecule has 2 heterocycles. The molecule has 144 valence electrons. The normalized spacial score (nSPS) is 25.1. The molecule has 0 radical (unpaired) electrons. The zero-order chi connectivity index (χ0) is 19.0. The number of benzene rings is 1. The van der Waals surface area contributed by atoms with Gasteiger partial charge in [-0.25, -0.2) is 4.98 Å². The van der Waals surface area contributed by atoms with E-state index in [1.807, 2.05) is 36.1 Å². The van der Waals surface area contributed by atoms with Gasteiger partial charge in [-0.2, -0.15) is 0 Å². The van der Waals surface area contributed by atoms with E-state index in [1.54, 1.807) is 7.11 Å². The van der Waals surface area contributed by atoms with Crippen LogP contribution in [0.25, 0.3) is 10.6 Å². The van der Waals surface area contributed by atoms with Crippen LogP contribution in [0, 0.1) is 12.8 Å². The third-order valence-corrected chi connectivity index (χ3v) is 7.22. The Hall–Kier alpha value is -1.92. The smallest absolute Gasteiger partial charge is 0.265 e. The first-order valence-corrected chi connectivity index (χ1v) is 10.5. The summed E-state index contributed by atoms with van der Waals surface area (Å²) in [4.78, 5) is 20.4. The number of rotatable bonds is 3. The second kappa shape index (κ2) is 7.24. The summed E-state index contributed by atoms with van der Waals surface area (Å²) in [5.74, 6) is 1.03. The molecule has 0 bridgehead atoms. The Morgan fingerprint density at radius 2 is 2.22 bits per heavy atom. The zero-order valence-electron chi connectivity index (χ0n) is 15.9. The summed E-state index contributed by atoms with van der Waals surface area (Å²) in [5.41, 5.74) is 1.16. The number of aliphatic hydroxyl groups is 1. The van der Waals surface area contributed by atoms with E-state index < -0.39 is 5.60 Å². The summed E-state index contributed by atoms with van der Waals surface area (Å²) in [6.45, 7) is 3.17. The topological polar surface area (TPSA) is 62.7 Å². The fourth-order valence-electron chi connectivity index (χ4n) is 4.37. The maximum atomic E-state index is 13.2. The zero-order valence-corrected chi connectivity index (χ0v) is 16.7. The third kappa shape index (κ3) is 3.48. The maximum absolute atomic E-state index is 13.2. The van der Waals surface area contributed by atoms with E-state index >= 15 is 0 Å². The van der Waals surface area contributed by atoms with Crippen LogP contribution in [0.5, 0.6) is 5.75 Å². The molecule has 1 aliphatic carbocycles. The van der Waals surface area contributed by atoms with Gasteiger partial charge in [0, 0.05) is 24.6 Å². The van der Waals surface area contributed by atoms with Gasteiger partial charge in [0.2, 0.25) is 0 Å². The Balaban J connectivity index is 1.55. The number of hydrogen-bond acceptors (Lipinski definition) is 5. The summed E-state index contributed by atoms with van der Waals surface area (Å²) in [6, 6.07) is 7.75. The van der Waals surface area contributed by atoms with Crippen molar-refractivity contribution >= 4 is 17.2 Å². The highest BCUT2D eigenvalue weighted by atomic mass is 32.1. The van der Waals surface area contributed by atoms with Crippen LogP contribution >= 0.6 is 11.3 Å². The molecule has 1 aromatic heterocycles. The summed E-state index contributed by atoms with van der Waals surface area (Å²) >= 11 is 1.44. The highest BCUT2D eigenvalue weighted by Crippen LogP contribution is 2.40. The van der Waals surface area contributed by atoms with Crippen LogP contribution < -0.4 is 4.74 Å². The summed E-state index contributed by atoms with van der Waals surface area (Å²) in [5, 5.41) is 11.7. The summed E-state index contributed by atoms with van der Waals surface area (Å²) < 4.78 is 5.29. The van der Waals surface area contributed by atoms with E-state index in [-0.39, 0.29) is 11.8 Å². The number of nitrogens with zero attached hydrogens (tertiary/aromatic N) is 2. The monoisotopic (exact) mass is 386 g/mol. The molecular formula is C21H26N2O3S. The average molecular weight is 387 g/mol. The first-order chi connectivity index (χ1) is 13.0. The van der Waals surface area contributed by atoms with Crippen LogP contribution in [0.4, 0.5) is 0 Å². The van der Waals surface area contributed by atoms with E-state index in [4.69, 9.17) is 4.74 Å². The van der Waals surface area contributed by atoms with Gasteiger partial charge < -0.3 is 14.7 Å². The van der Waals surface area contributed by atoms with E-state index in [0.29, 0.717) is 24.4 Å². The molecule has 2 aromatic rings. The Labute approximate surface area is 164 Å². The number of aromatic nitrogens is 1.